The van der Waals surface area contributed by atoms with E-state index in [1.54, 1.807) is 18.3 Å². The number of nitrogens with zero attached hydrogens (tertiary/aromatic N) is 3. The zero-order valence-corrected chi connectivity index (χ0v) is 21.4. The van der Waals surface area contributed by atoms with Gasteiger partial charge in [-0.25, -0.2) is 14.4 Å². The molecule has 182 valence electrons. The Morgan fingerprint density at radius 3 is 2.43 bits per heavy atom. The summed E-state index contributed by atoms with van der Waals surface area (Å²) in [5.41, 5.74) is 1.01. The Hall–Kier alpha value is -2.35. The fourth-order valence-corrected chi connectivity index (χ4v) is 6.31. The van der Waals surface area contributed by atoms with Crippen LogP contribution < -0.4 is 10.2 Å². The van der Waals surface area contributed by atoms with Crippen LogP contribution in [0.25, 0.3) is 0 Å². The number of nitrogens with one attached hydrogen (secondary N) is 1. The van der Waals surface area contributed by atoms with Gasteiger partial charge < -0.3 is 10.2 Å². The van der Waals surface area contributed by atoms with Gasteiger partial charge in [-0.1, -0.05) is 59.9 Å². The molecule has 1 aromatic heterocycles. The van der Waals surface area contributed by atoms with Gasteiger partial charge in [0.1, 0.15) is 16.7 Å². The predicted molar refractivity (Wildman–Crippen MR) is 139 cm³/mol. The second-order valence-corrected chi connectivity index (χ2v) is 11.0. The Labute approximate surface area is 218 Å². The predicted octanol–water partition coefficient (Wildman–Crippen LogP) is 7.49. The molecule has 1 amide bonds. The maximum absolute atomic E-state index is 13.7. The van der Waals surface area contributed by atoms with Crippen LogP contribution in [0, 0.1) is 11.2 Å². The first-order valence-electron chi connectivity index (χ1n) is 11.7. The van der Waals surface area contributed by atoms with Crippen LogP contribution in [0.4, 0.5) is 15.9 Å². The van der Waals surface area contributed by atoms with Gasteiger partial charge in [0.2, 0.25) is 0 Å². The number of piperidine rings is 1. The highest BCUT2D eigenvalue weighted by Gasteiger charge is 2.37. The number of rotatable bonds is 5. The zero-order chi connectivity index (χ0) is 24.4. The molecular weight excluding hydrogens is 506 g/mol. The Kier molecular flexibility index (Phi) is 7.19. The fraction of sp³-hybridized carbons (Fsp3) is 0.346. The molecule has 1 aliphatic carbocycles. The second kappa shape index (κ2) is 10.3. The van der Waals surface area contributed by atoms with Crippen LogP contribution in [0.15, 0.2) is 58.7 Å². The summed E-state index contributed by atoms with van der Waals surface area (Å²) >= 11 is 13.9. The lowest BCUT2D eigenvalue weighted by Gasteiger charge is -2.39. The van der Waals surface area contributed by atoms with E-state index in [1.807, 2.05) is 12.3 Å². The van der Waals surface area contributed by atoms with E-state index in [-0.39, 0.29) is 10.6 Å². The minimum atomic E-state index is -0.653. The van der Waals surface area contributed by atoms with Crippen molar-refractivity contribution in [2.75, 3.05) is 23.3 Å². The highest BCUT2D eigenvalue weighted by atomic mass is 35.5. The average molecular weight is 531 g/mol. The van der Waals surface area contributed by atoms with Crippen molar-refractivity contribution in [2.24, 2.45) is 5.41 Å². The molecule has 35 heavy (non-hydrogen) atoms. The van der Waals surface area contributed by atoms with Gasteiger partial charge in [0.15, 0.2) is 0 Å². The lowest BCUT2D eigenvalue weighted by Crippen LogP contribution is -2.39. The summed E-state index contributed by atoms with van der Waals surface area (Å²) < 4.78 is 13.7. The fourth-order valence-electron chi connectivity index (χ4n) is 5.03. The molecule has 2 aliphatic rings. The number of hydrogen-bond donors (Lipinski definition) is 1. The van der Waals surface area contributed by atoms with Gasteiger partial charge in [-0.2, -0.15) is 0 Å². The molecule has 2 aromatic carbocycles. The Bertz CT molecular complexity index is 1220. The third-order valence-corrected chi connectivity index (χ3v) is 8.93. The van der Waals surface area contributed by atoms with Gasteiger partial charge in [-0.15, -0.1) is 0 Å². The molecule has 5 nitrogen and oxygen atoms in total. The standard InChI is InChI=1S/C26H25Cl2FN4OS/c27-23-17(5-3-6-18(23)29)25(34)32-19-7-4-8-20(24(19)28)35-22-16-30-21(15-31-22)33-13-11-26(12-14-33)9-1-2-10-26/h3-8,15-16H,1-2,9-14H2,(H,32,34). The van der Waals surface area contributed by atoms with Crippen LogP contribution in [0.5, 0.6) is 0 Å². The molecule has 1 aliphatic heterocycles. The Morgan fingerprint density at radius 1 is 0.971 bits per heavy atom. The van der Waals surface area contributed by atoms with E-state index < -0.39 is 11.7 Å². The van der Waals surface area contributed by atoms with Crippen molar-refractivity contribution in [1.29, 1.82) is 0 Å². The smallest absolute Gasteiger partial charge is 0.257 e. The second-order valence-electron chi connectivity index (χ2n) is 9.18. The molecular formula is C26H25Cl2FN4OS. The number of carbonyl (C=O) groups is 1. The number of benzene rings is 2. The third-order valence-electron chi connectivity index (χ3n) is 7.05. The minimum absolute atomic E-state index is 0.0406. The van der Waals surface area contributed by atoms with Crippen molar-refractivity contribution in [3.63, 3.8) is 0 Å². The quantitative estimate of drug-likeness (QED) is 0.370. The molecule has 0 bridgehead atoms. The largest absolute Gasteiger partial charge is 0.355 e. The zero-order valence-electron chi connectivity index (χ0n) is 19.1. The van der Waals surface area contributed by atoms with Gasteiger partial charge in [-0.3, -0.25) is 4.79 Å². The lowest BCUT2D eigenvalue weighted by molar-refractivity contribution is 0.102. The summed E-state index contributed by atoms with van der Waals surface area (Å²) in [6.07, 6.45) is 11.5. The Morgan fingerprint density at radius 2 is 1.71 bits per heavy atom. The normalized spacial score (nSPS) is 17.1. The molecule has 3 aromatic rings. The van der Waals surface area contributed by atoms with Crippen LogP contribution in [0.3, 0.4) is 0 Å². The average Bonchev–Trinajstić information content (AvgIpc) is 3.32. The number of amides is 1. The first-order chi connectivity index (χ1) is 16.9. The lowest BCUT2D eigenvalue weighted by atomic mass is 9.77. The summed E-state index contributed by atoms with van der Waals surface area (Å²) in [7, 11) is 0. The molecule has 0 unspecified atom stereocenters. The summed E-state index contributed by atoms with van der Waals surface area (Å²) in [4.78, 5) is 24.9. The van der Waals surface area contributed by atoms with Crippen molar-refractivity contribution >= 4 is 52.4 Å². The van der Waals surface area contributed by atoms with Crippen LogP contribution >= 0.6 is 35.0 Å². The molecule has 1 N–H and O–H groups in total. The van der Waals surface area contributed by atoms with Crippen molar-refractivity contribution < 1.29 is 9.18 Å². The van der Waals surface area contributed by atoms with Crippen LogP contribution in [-0.4, -0.2) is 29.0 Å². The van der Waals surface area contributed by atoms with E-state index >= 15 is 0 Å². The summed E-state index contributed by atoms with van der Waals surface area (Å²) in [6, 6.07) is 9.40. The first-order valence-corrected chi connectivity index (χ1v) is 13.3. The molecule has 0 atom stereocenters. The molecule has 5 rings (SSSR count). The number of carbonyl (C=O) groups excluding carboxylic acids is 1. The van der Waals surface area contributed by atoms with Gasteiger partial charge in [-0.05, 0) is 55.4 Å². The van der Waals surface area contributed by atoms with E-state index in [4.69, 9.17) is 23.2 Å². The monoisotopic (exact) mass is 530 g/mol. The van der Waals surface area contributed by atoms with Crippen molar-refractivity contribution in [2.45, 2.75) is 48.4 Å². The van der Waals surface area contributed by atoms with Crippen molar-refractivity contribution in [3.8, 4) is 0 Å². The molecule has 0 radical (unpaired) electrons. The molecule has 2 heterocycles. The summed E-state index contributed by atoms with van der Waals surface area (Å²) in [5.74, 6) is -0.288. The topological polar surface area (TPSA) is 58.1 Å². The van der Waals surface area contributed by atoms with Crippen LogP contribution in [-0.2, 0) is 0 Å². The van der Waals surface area contributed by atoms with Gasteiger partial charge in [0.25, 0.3) is 5.91 Å². The van der Waals surface area contributed by atoms with Gasteiger partial charge in [0, 0.05) is 18.0 Å². The number of halogens is 3. The maximum Gasteiger partial charge on any atom is 0.257 e. The number of hydrogen-bond acceptors (Lipinski definition) is 5. The van der Waals surface area contributed by atoms with E-state index in [2.05, 4.69) is 20.2 Å². The maximum atomic E-state index is 13.7. The van der Waals surface area contributed by atoms with Crippen molar-refractivity contribution in [3.05, 3.63) is 70.2 Å². The summed E-state index contributed by atoms with van der Waals surface area (Å²) in [6.45, 7) is 2.06. The number of aromatic nitrogens is 2. The molecule has 9 heteroatoms. The highest BCUT2D eigenvalue weighted by Crippen LogP contribution is 2.46. The van der Waals surface area contributed by atoms with E-state index in [1.165, 1.54) is 68.5 Å². The Balaban J connectivity index is 1.25. The molecule has 2 fully saturated rings. The van der Waals surface area contributed by atoms with E-state index in [0.717, 1.165) is 23.8 Å². The van der Waals surface area contributed by atoms with E-state index in [0.29, 0.717) is 21.2 Å². The molecule has 1 saturated carbocycles. The van der Waals surface area contributed by atoms with Crippen molar-refractivity contribution in [1.82, 2.24) is 9.97 Å². The van der Waals surface area contributed by atoms with Crippen LogP contribution in [0.2, 0.25) is 10.0 Å². The first kappa shape index (κ1) is 24.3. The summed E-state index contributed by atoms with van der Waals surface area (Å²) in [5, 5.41) is 3.56. The van der Waals surface area contributed by atoms with Crippen LogP contribution in [0.1, 0.15) is 48.9 Å². The highest BCUT2D eigenvalue weighted by molar-refractivity contribution is 7.99. The molecule has 1 spiro atoms. The molecule has 1 saturated heterocycles. The SMILES string of the molecule is O=C(Nc1cccc(Sc2cnc(N3CCC4(CCCC4)CC3)cn2)c1Cl)c1cccc(F)c1Cl. The van der Waals surface area contributed by atoms with Gasteiger partial charge >= 0.3 is 0 Å². The van der Waals surface area contributed by atoms with Gasteiger partial charge in [0.05, 0.1) is 33.7 Å². The van der Waals surface area contributed by atoms with E-state index in [9.17, 15) is 9.18 Å². The number of anilines is 2. The third kappa shape index (κ3) is 5.27. The minimum Gasteiger partial charge on any atom is -0.355 e.